The van der Waals surface area contributed by atoms with Crippen LogP contribution in [0.3, 0.4) is 0 Å². The quantitative estimate of drug-likeness (QED) is 0.216. The molecule has 3 heterocycles. The Balaban J connectivity index is 1.15. The van der Waals surface area contributed by atoms with Crippen molar-refractivity contribution >= 4 is 46.5 Å². The van der Waals surface area contributed by atoms with Crippen LogP contribution in [0, 0.1) is 0 Å². The first-order chi connectivity index (χ1) is 19.4. The summed E-state index contributed by atoms with van der Waals surface area (Å²) in [5.41, 5.74) is 5.40. The van der Waals surface area contributed by atoms with Crippen LogP contribution in [0.4, 0.5) is 33.4 Å². The molecule has 40 heavy (non-hydrogen) atoms. The van der Waals surface area contributed by atoms with Gasteiger partial charge in [0.1, 0.15) is 5.82 Å². The van der Waals surface area contributed by atoms with Gasteiger partial charge in [-0.25, -0.2) is 9.78 Å². The molecule has 10 nitrogen and oxygen atoms in total. The predicted octanol–water partition coefficient (Wildman–Crippen LogP) is 5.68. The fourth-order valence-electron chi connectivity index (χ4n) is 4.53. The predicted molar refractivity (Wildman–Crippen MR) is 154 cm³/mol. The summed E-state index contributed by atoms with van der Waals surface area (Å²) in [6.45, 7) is 0.766. The molecule has 0 saturated carbocycles. The van der Waals surface area contributed by atoms with E-state index in [1.54, 1.807) is 42.9 Å². The minimum atomic E-state index is -1.13. The Morgan fingerprint density at radius 3 is 2.40 bits per heavy atom. The smallest absolute Gasteiger partial charge is 0.409 e. The third kappa shape index (κ3) is 6.79. The second kappa shape index (κ2) is 12.1. The second-order valence-electron chi connectivity index (χ2n) is 9.39. The lowest BCUT2D eigenvalue weighted by atomic mass is 10.1. The summed E-state index contributed by atoms with van der Waals surface area (Å²) in [4.78, 5) is 45.8. The molecule has 202 valence electrons. The maximum Gasteiger partial charge on any atom is 0.409 e. The Morgan fingerprint density at radius 1 is 0.875 bits per heavy atom. The lowest BCUT2D eigenvalue weighted by molar-refractivity contribution is -0.117. The maximum atomic E-state index is 12.5. The molecule has 3 amide bonds. The first-order valence-electron chi connectivity index (χ1n) is 12.9. The van der Waals surface area contributed by atoms with E-state index >= 15 is 0 Å². The topological polar surface area (TPSA) is 137 Å². The zero-order valence-electron chi connectivity index (χ0n) is 21.6. The number of hydrogen-bond acceptors (Lipinski definition) is 6. The largest absolute Gasteiger partial charge is 0.465 e. The van der Waals surface area contributed by atoms with Crippen LogP contribution in [0.5, 0.6) is 0 Å². The summed E-state index contributed by atoms with van der Waals surface area (Å²) >= 11 is 0. The molecule has 4 N–H and O–H groups in total. The molecule has 1 saturated heterocycles. The van der Waals surface area contributed by atoms with Gasteiger partial charge in [0.25, 0.3) is 0 Å². The van der Waals surface area contributed by atoms with Crippen molar-refractivity contribution in [3.63, 3.8) is 0 Å². The van der Waals surface area contributed by atoms with Gasteiger partial charge >= 0.3 is 6.09 Å². The first-order valence-corrected chi connectivity index (χ1v) is 12.9. The summed E-state index contributed by atoms with van der Waals surface area (Å²) in [6.07, 6.45) is 6.04. The van der Waals surface area contributed by atoms with Crippen LogP contribution >= 0.6 is 0 Å². The van der Waals surface area contributed by atoms with Gasteiger partial charge in [0, 0.05) is 42.5 Å². The van der Waals surface area contributed by atoms with Gasteiger partial charge in [0.05, 0.1) is 23.8 Å². The molecular formula is C30H28N6O4. The number of aromatic nitrogens is 2. The maximum absolute atomic E-state index is 12.5. The van der Waals surface area contributed by atoms with Crippen molar-refractivity contribution in [1.29, 1.82) is 0 Å². The summed E-state index contributed by atoms with van der Waals surface area (Å²) in [5, 5.41) is 17.2. The number of carbonyl (C=O) groups is 3. The number of hydrogen-bond donors (Lipinski definition) is 4. The summed E-state index contributed by atoms with van der Waals surface area (Å²) in [6, 6.07) is 20.5. The third-order valence-electron chi connectivity index (χ3n) is 6.46. The molecule has 2 aromatic heterocycles. The molecule has 10 heteroatoms. The van der Waals surface area contributed by atoms with Crippen LogP contribution in [0.15, 0.2) is 85.3 Å². The lowest BCUT2D eigenvalue weighted by Gasteiger charge is -2.16. The minimum absolute atomic E-state index is 0.168. The molecule has 0 bridgehead atoms. The molecule has 0 aliphatic carbocycles. The van der Waals surface area contributed by atoms with Gasteiger partial charge in [-0.15, -0.1) is 0 Å². The van der Waals surface area contributed by atoms with Crippen LogP contribution in [-0.2, 0) is 16.0 Å². The number of nitrogens with zero attached hydrogens (tertiary/aromatic N) is 3. The van der Waals surface area contributed by atoms with Crippen molar-refractivity contribution < 1.29 is 19.5 Å². The van der Waals surface area contributed by atoms with Crippen LogP contribution in [0.1, 0.15) is 24.8 Å². The van der Waals surface area contributed by atoms with E-state index < -0.39 is 6.09 Å². The molecule has 0 radical (unpaired) electrons. The summed E-state index contributed by atoms with van der Waals surface area (Å²) < 4.78 is 0. The highest BCUT2D eigenvalue weighted by Gasteiger charge is 2.21. The van der Waals surface area contributed by atoms with Gasteiger partial charge < -0.3 is 20.6 Å². The Bertz CT molecular complexity index is 1520. The number of rotatable bonds is 9. The van der Waals surface area contributed by atoms with Crippen molar-refractivity contribution in [2.45, 2.75) is 25.7 Å². The molecule has 0 atom stereocenters. The highest BCUT2D eigenvalue weighted by atomic mass is 16.4. The van der Waals surface area contributed by atoms with E-state index in [0.29, 0.717) is 35.7 Å². The Labute approximate surface area is 231 Å². The van der Waals surface area contributed by atoms with Gasteiger partial charge in [0.2, 0.25) is 11.8 Å². The standard InChI is InChI=1S/C30H28N6O4/c37-28(13-6-20-3-1-4-23(15-20)35-30(39)40)34-25-16-24(18-31-19-25)33-27-12-9-22(17-32-27)21-7-10-26(11-8-21)36-14-2-5-29(36)38/h1,3-4,7-12,15-19,35H,2,5-6,13-14H2,(H,32,33)(H,34,37)(H,39,40). The number of aryl methyl sites for hydroxylation is 1. The van der Waals surface area contributed by atoms with Crippen molar-refractivity contribution in [2.75, 3.05) is 27.4 Å². The van der Waals surface area contributed by atoms with Gasteiger partial charge in [0.15, 0.2) is 0 Å². The Kier molecular flexibility index (Phi) is 7.96. The minimum Gasteiger partial charge on any atom is -0.465 e. The molecule has 0 unspecified atom stereocenters. The normalized spacial score (nSPS) is 12.7. The number of carboxylic acid groups (broad SMARTS) is 1. The van der Waals surface area contributed by atoms with Crippen LogP contribution < -0.4 is 20.9 Å². The Morgan fingerprint density at radius 2 is 1.68 bits per heavy atom. The molecule has 2 aromatic carbocycles. The third-order valence-corrected chi connectivity index (χ3v) is 6.46. The van der Waals surface area contributed by atoms with Crippen molar-refractivity contribution in [3.05, 3.63) is 90.9 Å². The number of pyridine rings is 2. The number of anilines is 5. The van der Waals surface area contributed by atoms with Crippen molar-refractivity contribution in [1.82, 2.24) is 9.97 Å². The van der Waals surface area contributed by atoms with E-state index in [1.807, 2.05) is 47.4 Å². The van der Waals surface area contributed by atoms with E-state index in [0.717, 1.165) is 35.3 Å². The fraction of sp³-hybridized carbons (Fsp3) is 0.167. The van der Waals surface area contributed by atoms with Gasteiger partial charge in [-0.1, -0.05) is 24.3 Å². The molecule has 1 fully saturated rings. The highest BCUT2D eigenvalue weighted by molar-refractivity contribution is 5.95. The molecule has 1 aliphatic rings. The Hall–Kier alpha value is -5.25. The van der Waals surface area contributed by atoms with E-state index in [9.17, 15) is 14.4 Å². The van der Waals surface area contributed by atoms with Gasteiger partial charge in [-0.05, 0) is 66.4 Å². The molecule has 5 rings (SSSR count). The molecule has 0 spiro atoms. The van der Waals surface area contributed by atoms with Crippen LogP contribution in [0.25, 0.3) is 11.1 Å². The average Bonchev–Trinajstić information content (AvgIpc) is 3.38. The SMILES string of the molecule is O=C(O)Nc1cccc(CCC(=O)Nc2cncc(Nc3ccc(-c4ccc(N5CCCC5=O)cc4)cn3)c2)c1. The second-order valence-corrected chi connectivity index (χ2v) is 9.39. The summed E-state index contributed by atoms with van der Waals surface area (Å²) in [5.74, 6) is 0.613. The van der Waals surface area contributed by atoms with E-state index in [2.05, 4.69) is 25.9 Å². The van der Waals surface area contributed by atoms with Crippen LogP contribution in [0.2, 0.25) is 0 Å². The number of amides is 3. The monoisotopic (exact) mass is 536 g/mol. The summed E-state index contributed by atoms with van der Waals surface area (Å²) in [7, 11) is 0. The average molecular weight is 537 g/mol. The highest BCUT2D eigenvalue weighted by Crippen LogP contribution is 2.27. The van der Waals surface area contributed by atoms with Gasteiger partial charge in [-0.2, -0.15) is 0 Å². The number of carbonyl (C=O) groups excluding carboxylic acids is 2. The van der Waals surface area contributed by atoms with Crippen LogP contribution in [-0.4, -0.2) is 39.5 Å². The molecular weight excluding hydrogens is 508 g/mol. The van der Waals surface area contributed by atoms with Crippen molar-refractivity contribution in [2.24, 2.45) is 0 Å². The van der Waals surface area contributed by atoms with E-state index in [4.69, 9.17) is 5.11 Å². The van der Waals surface area contributed by atoms with Crippen molar-refractivity contribution in [3.8, 4) is 11.1 Å². The molecule has 1 aliphatic heterocycles. The lowest BCUT2D eigenvalue weighted by Crippen LogP contribution is -2.23. The number of benzene rings is 2. The van der Waals surface area contributed by atoms with E-state index in [1.165, 1.54) is 0 Å². The molecule has 4 aromatic rings. The zero-order chi connectivity index (χ0) is 27.9. The fourth-order valence-corrected chi connectivity index (χ4v) is 4.53. The van der Waals surface area contributed by atoms with E-state index in [-0.39, 0.29) is 18.2 Å². The zero-order valence-corrected chi connectivity index (χ0v) is 21.6. The first kappa shape index (κ1) is 26.4. The number of nitrogens with one attached hydrogen (secondary N) is 3. The van der Waals surface area contributed by atoms with Gasteiger partial charge in [-0.3, -0.25) is 19.9 Å².